The summed E-state index contributed by atoms with van der Waals surface area (Å²) in [4.78, 5) is 24.9. The maximum Gasteiger partial charge on any atom is 0.249 e. The molecule has 2 aliphatic rings. The first kappa shape index (κ1) is 24.4. The summed E-state index contributed by atoms with van der Waals surface area (Å²) in [6, 6.07) is 7.29. The molecule has 3 rings (SSSR count). The predicted octanol–water partition coefficient (Wildman–Crippen LogP) is 1.30. The fourth-order valence-electron chi connectivity index (χ4n) is 3.76. The van der Waals surface area contributed by atoms with Gasteiger partial charge in [0.1, 0.15) is 18.0 Å². The van der Waals surface area contributed by atoms with E-state index in [0.717, 1.165) is 24.2 Å². The van der Waals surface area contributed by atoms with Crippen molar-refractivity contribution in [3.05, 3.63) is 29.8 Å². The molecule has 0 spiro atoms. The van der Waals surface area contributed by atoms with E-state index in [0.29, 0.717) is 19.8 Å². The van der Waals surface area contributed by atoms with E-state index in [1.807, 2.05) is 38.1 Å². The lowest BCUT2D eigenvalue weighted by Crippen LogP contribution is -2.52. The van der Waals surface area contributed by atoms with Gasteiger partial charge in [0.25, 0.3) is 0 Å². The van der Waals surface area contributed by atoms with Gasteiger partial charge in [-0.3, -0.25) is 9.59 Å². The van der Waals surface area contributed by atoms with E-state index in [-0.39, 0.29) is 25.0 Å². The van der Waals surface area contributed by atoms with Gasteiger partial charge >= 0.3 is 0 Å². The zero-order valence-corrected chi connectivity index (χ0v) is 19.0. The zero-order valence-electron chi connectivity index (χ0n) is 19.0. The highest BCUT2D eigenvalue weighted by molar-refractivity contribution is 5.82. The van der Waals surface area contributed by atoms with Gasteiger partial charge in [0.15, 0.2) is 6.29 Å². The minimum Gasteiger partial charge on any atom is -0.497 e. The van der Waals surface area contributed by atoms with Gasteiger partial charge < -0.3 is 34.7 Å². The van der Waals surface area contributed by atoms with Crippen molar-refractivity contribution >= 4 is 11.8 Å². The molecule has 2 saturated heterocycles. The number of carbonyl (C=O) groups excluding carboxylic acids is 2. The summed E-state index contributed by atoms with van der Waals surface area (Å²) >= 11 is 0. The normalized spacial score (nSPS) is 25.7. The highest BCUT2D eigenvalue weighted by Crippen LogP contribution is 2.36. The second kappa shape index (κ2) is 11.1. The lowest BCUT2D eigenvalue weighted by atomic mass is 9.85. The molecule has 0 radical (unpaired) electrons. The van der Waals surface area contributed by atoms with Crippen LogP contribution >= 0.6 is 0 Å². The Labute approximate surface area is 188 Å². The van der Waals surface area contributed by atoms with Crippen LogP contribution < -0.4 is 15.4 Å². The highest BCUT2D eigenvalue weighted by atomic mass is 16.7. The number of rotatable bonds is 9. The largest absolute Gasteiger partial charge is 0.497 e. The van der Waals surface area contributed by atoms with E-state index in [4.69, 9.17) is 18.9 Å². The molecule has 9 heteroatoms. The molecule has 9 nitrogen and oxygen atoms in total. The van der Waals surface area contributed by atoms with Gasteiger partial charge in [0.05, 0.1) is 19.8 Å². The van der Waals surface area contributed by atoms with Crippen molar-refractivity contribution in [3.63, 3.8) is 0 Å². The van der Waals surface area contributed by atoms with Crippen LogP contribution in [-0.4, -0.2) is 68.6 Å². The Morgan fingerprint density at radius 2 is 1.97 bits per heavy atom. The summed E-state index contributed by atoms with van der Waals surface area (Å²) in [5, 5.41) is 15.6. The molecule has 1 aromatic rings. The van der Waals surface area contributed by atoms with Crippen LogP contribution in [0.15, 0.2) is 24.3 Å². The van der Waals surface area contributed by atoms with Gasteiger partial charge in [-0.15, -0.1) is 0 Å². The van der Waals surface area contributed by atoms with Crippen LogP contribution in [0, 0.1) is 5.41 Å². The lowest BCUT2D eigenvalue weighted by Gasteiger charge is -2.41. The standard InChI is InChI=1S/C23H34N2O7/c1-23(2)14-31-22(15-6-8-16(29-3)9-7-15)32-19(23)21(28)24-11-10-18(26)20(27)25-13-17-5-4-12-30-17/h6-9,17-19,22,26H,4-5,10-14H2,1-3H3,(H,24,28)(H,25,27)/t17?,18?,19-,22?/m0/s1. The Balaban J connectivity index is 1.46. The van der Waals surface area contributed by atoms with Crippen LogP contribution in [0.3, 0.4) is 0 Å². The smallest absolute Gasteiger partial charge is 0.249 e. The Bertz CT molecular complexity index is 762. The molecule has 0 saturated carbocycles. The highest BCUT2D eigenvalue weighted by Gasteiger charge is 2.43. The molecule has 3 unspecified atom stereocenters. The summed E-state index contributed by atoms with van der Waals surface area (Å²) in [7, 11) is 1.59. The number of benzene rings is 1. The Kier molecular flexibility index (Phi) is 8.47. The van der Waals surface area contributed by atoms with Gasteiger partial charge in [-0.2, -0.15) is 0 Å². The number of methoxy groups -OCH3 is 1. The third-order valence-corrected chi connectivity index (χ3v) is 5.75. The van der Waals surface area contributed by atoms with Crippen LogP contribution in [0.5, 0.6) is 5.75 Å². The zero-order chi connectivity index (χ0) is 23.1. The Morgan fingerprint density at radius 3 is 2.62 bits per heavy atom. The van der Waals surface area contributed by atoms with Crippen LogP contribution in [0.4, 0.5) is 0 Å². The third-order valence-electron chi connectivity index (χ3n) is 5.75. The summed E-state index contributed by atoms with van der Waals surface area (Å²) < 4.78 is 22.4. The second-order valence-electron chi connectivity index (χ2n) is 8.90. The van der Waals surface area contributed by atoms with E-state index in [9.17, 15) is 14.7 Å². The van der Waals surface area contributed by atoms with Crippen molar-refractivity contribution in [2.45, 2.75) is 57.7 Å². The molecule has 2 heterocycles. The van der Waals surface area contributed by atoms with E-state index < -0.39 is 29.8 Å². The van der Waals surface area contributed by atoms with Crippen molar-refractivity contribution < 1.29 is 33.6 Å². The number of carbonyl (C=O) groups is 2. The fourth-order valence-corrected chi connectivity index (χ4v) is 3.76. The van der Waals surface area contributed by atoms with Gasteiger partial charge in [0.2, 0.25) is 11.8 Å². The average molecular weight is 451 g/mol. The molecule has 178 valence electrons. The topological polar surface area (TPSA) is 115 Å². The number of nitrogens with one attached hydrogen (secondary N) is 2. The van der Waals surface area contributed by atoms with E-state index in [2.05, 4.69) is 10.6 Å². The van der Waals surface area contributed by atoms with Gasteiger partial charge in [-0.25, -0.2) is 0 Å². The van der Waals surface area contributed by atoms with E-state index in [1.54, 1.807) is 7.11 Å². The van der Waals surface area contributed by atoms with Crippen molar-refractivity contribution in [1.82, 2.24) is 10.6 Å². The fraction of sp³-hybridized carbons (Fsp3) is 0.652. The van der Waals surface area contributed by atoms with Crippen molar-refractivity contribution in [2.75, 3.05) is 33.4 Å². The first-order valence-corrected chi connectivity index (χ1v) is 11.1. The maximum atomic E-state index is 12.8. The second-order valence-corrected chi connectivity index (χ2v) is 8.90. The molecule has 3 N–H and O–H groups in total. The predicted molar refractivity (Wildman–Crippen MR) is 116 cm³/mol. The number of amides is 2. The number of aliphatic hydroxyl groups excluding tert-OH is 1. The molecule has 0 aromatic heterocycles. The SMILES string of the molecule is COc1ccc(C2OCC(C)(C)[C@H](C(=O)NCCC(O)C(=O)NCC3CCCO3)O2)cc1. The molecule has 1 aromatic carbocycles. The number of ether oxygens (including phenoxy) is 4. The molecule has 32 heavy (non-hydrogen) atoms. The lowest BCUT2D eigenvalue weighted by molar-refractivity contribution is -0.258. The average Bonchev–Trinajstić information content (AvgIpc) is 3.31. The number of hydrogen-bond acceptors (Lipinski definition) is 7. The van der Waals surface area contributed by atoms with Crippen LogP contribution in [-0.2, 0) is 23.8 Å². The molecule has 2 amide bonds. The van der Waals surface area contributed by atoms with Crippen molar-refractivity contribution in [2.24, 2.45) is 5.41 Å². The summed E-state index contributed by atoms with van der Waals surface area (Å²) in [5.74, 6) is -0.0433. The molecular formula is C23H34N2O7. The number of aliphatic hydroxyl groups is 1. The summed E-state index contributed by atoms with van der Waals surface area (Å²) in [5.41, 5.74) is 0.252. The van der Waals surface area contributed by atoms with Crippen molar-refractivity contribution in [1.29, 1.82) is 0 Å². The molecule has 2 fully saturated rings. The first-order chi connectivity index (χ1) is 15.3. The summed E-state index contributed by atoms with van der Waals surface area (Å²) in [6.45, 7) is 5.38. The maximum absolute atomic E-state index is 12.8. The molecule has 4 atom stereocenters. The number of hydrogen-bond donors (Lipinski definition) is 3. The van der Waals surface area contributed by atoms with Crippen LogP contribution in [0.25, 0.3) is 0 Å². The first-order valence-electron chi connectivity index (χ1n) is 11.1. The van der Waals surface area contributed by atoms with E-state index >= 15 is 0 Å². The molecule has 0 bridgehead atoms. The van der Waals surface area contributed by atoms with Gasteiger partial charge in [-0.1, -0.05) is 26.0 Å². The van der Waals surface area contributed by atoms with Gasteiger partial charge in [-0.05, 0) is 31.4 Å². The van der Waals surface area contributed by atoms with Crippen LogP contribution in [0.2, 0.25) is 0 Å². The monoisotopic (exact) mass is 450 g/mol. The van der Waals surface area contributed by atoms with Crippen molar-refractivity contribution in [3.8, 4) is 5.75 Å². The summed E-state index contributed by atoms with van der Waals surface area (Å²) in [6.07, 6.45) is -0.601. The molecular weight excluding hydrogens is 416 g/mol. The quantitative estimate of drug-likeness (QED) is 0.519. The third kappa shape index (κ3) is 6.41. The molecule has 0 aliphatic carbocycles. The van der Waals surface area contributed by atoms with E-state index in [1.165, 1.54) is 0 Å². The van der Waals surface area contributed by atoms with Crippen LogP contribution in [0.1, 0.15) is 45.0 Å². The Hall–Kier alpha value is -2.20. The minimum absolute atomic E-state index is 0.0115. The Morgan fingerprint density at radius 1 is 1.22 bits per heavy atom. The molecule has 2 aliphatic heterocycles. The minimum atomic E-state index is -1.20. The van der Waals surface area contributed by atoms with Gasteiger partial charge in [0, 0.05) is 30.7 Å².